The quantitative estimate of drug-likeness (QED) is 0.726. The number of ether oxygens (including phenoxy) is 1. The number of carbonyl (C=O) groups excluding carboxylic acids is 1. The molecule has 0 saturated carbocycles. The van der Waals surface area contributed by atoms with E-state index >= 15 is 0 Å². The number of nitrogens with zero attached hydrogens (tertiary/aromatic N) is 3. The van der Waals surface area contributed by atoms with Crippen LogP contribution in [-0.2, 0) is 4.74 Å². The summed E-state index contributed by atoms with van der Waals surface area (Å²) in [6.07, 6.45) is 0. The molecule has 0 aliphatic carbocycles. The number of aromatic hydroxyl groups is 1. The van der Waals surface area contributed by atoms with Crippen molar-refractivity contribution in [3.8, 4) is 17.1 Å². The molecule has 1 N–H and O–H groups in total. The van der Waals surface area contributed by atoms with Crippen LogP contribution in [0.25, 0.3) is 21.6 Å². The van der Waals surface area contributed by atoms with Crippen LogP contribution < -0.4 is 0 Å². The molecule has 0 unspecified atom stereocenters. The molecule has 26 heavy (non-hydrogen) atoms. The molecule has 3 aromatic rings. The minimum atomic E-state index is -0.193. The molecule has 0 spiro atoms. The molecule has 2 aromatic heterocycles. The van der Waals surface area contributed by atoms with Crippen molar-refractivity contribution in [2.45, 2.75) is 6.92 Å². The number of aryl methyl sites for hydroxylation is 1. The lowest BCUT2D eigenvalue weighted by molar-refractivity contribution is 0.0304. The van der Waals surface area contributed by atoms with Crippen LogP contribution in [0.3, 0.4) is 0 Å². The topological polar surface area (TPSA) is 75.6 Å². The number of amides is 1. The third-order valence-corrected chi connectivity index (χ3v) is 5.62. The van der Waals surface area contributed by atoms with Crippen molar-refractivity contribution in [2.24, 2.45) is 0 Å². The Bertz CT molecular complexity index is 982. The lowest BCUT2D eigenvalue weighted by Gasteiger charge is -2.26. The fraction of sp³-hybridized carbons (Fsp3) is 0.278. The number of hydrogen-bond acceptors (Lipinski definition) is 6. The molecule has 0 atom stereocenters. The van der Waals surface area contributed by atoms with Crippen molar-refractivity contribution < 1.29 is 14.6 Å². The summed E-state index contributed by atoms with van der Waals surface area (Å²) in [7, 11) is 0. The molecule has 8 heteroatoms. The normalized spacial score (nSPS) is 14.8. The fourth-order valence-electron chi connectivity index (χ4n) is 2.93. The second-order valence-corrected chi connectivity index (χ2v) is 7.44. The van der Waals surface area contributed by atoms with Crippen molar-refractivity contribution in [1.29, 1.82) is 0 Å². The Kier molecular flexibility index (Phi) is 4.52. The van der Waals surface area contributed by atoms with Crippen LogP contribution in [0, 0.1) is 6.92 Å². The highest BCUT2D eigenvalue weighted by molar-refractivity contribution is 7.21. The van der Waals surface area contributed by atoms with Crippen LogP contribution in [0.1, 0.15) is 15.4 Å². The summed E-state index contributed by atoms with van der Waals surface area (Å²) < 4.78 is 5.28. The van der Waals surface area contributed by atoms with Crippen molar-refractivity contribution >= 4 is 39.1 Å². The van der Waals surface area contributed by atoms with Gasteiger partial charge in [0, 0.05) is 23.7 Å². The van der Waals surface area contributed by atoms with Gasteiger partial charge in [-0.25, -0.2) is 9.97 Å². The molecule has 134 valence electrons. The maximum Gasteiger partial charge on any atom is 0.268 e. The van der Waals surface area contributed by atoms with Crippen LogP contribution in [0.4, 0.5) is 0 Å². The molecule has 3 heterocycles. The van der Waals surface area contributed by atoms with E-state index in [2.05, 4.69) is 9.97 Å². The monoisotopic (exact) mass is 389 g/mol. The number of rotatable bonds is 2. The Hall–Kier alpha value is -2.22. The summed E-state index contributed by atoms with van der Waals surface area (Å²) in [5, 5.41) is 11.8. The molecule has 6 nitrogen and oxygen atoms in total. The van der Waals surface area contributed by atoms with Crippen LogP contribution in [0.15, 0.2) is 24.3 Å². The molecule has 0 radical (unpaired) electrons. The summed E-state index contributed by atoms with van der Waals surface area (Å²) in [6, 6.07) is 7.24. The largest absolute Gasteiger partial charge is 0.505 e. The average molecular weight is 390 g/mol. The molecular formula is C18H16ClN3O3S. The van der Waals surface area contributed by atoms with Crippen molar-refractivity contribution in [3.63, 3.8) is 0 Å². The Morgan fingerprint density at radius 3 is 2.62 bits per heavy atom. The smallest absolute Gasteiger partial charge is 0.268 e. The number of halogens is 1. The fourth-order valence-corrected chi connectivity index (χ4v) is 4.15. The predicted octanol–water partition coefficient (Wildman–Crippen LogP) is 3.50. The van der Waals surface area contributed by atoms with Crippen molar-refractivity contribution in [3.05, 3.63) is 39.9 Å². The van der Waals surface area contributed by atoms with E-state index in [1.165, 1.54) is 11.3 Å². The van der Waals surface area contributed by atoms with E-state index in [1.807, 2.05) is 12.1 Å². The number of aromatic nitrogens is 2. The van der Waals surface area contributed by atoms with Gasteiger partial charge >= 0.3 is 0 Å². The van der Waals surface area contributed by atoms with E-state index in [-0.39, 0.29) is 11.7 Å². The van der Waals surface area contributed by atoms with Crippen molar-refractivity contribution in [1.82, 2.24) is 14.9 Å². The number of morpholine rings is 1. The minimum Gasteiger partial charge on any atom is -0.505 e. The maximum absolute atomic E-state index is 12.8. The van der Waals surface area contributed by atoms with Gasteiger partial charge in [0.1, 0.15) is 9.71 Å². The van der Waals surface area contributed by atoms with Gasteiger partial charge in [0.25, 0.3) is 5.91 Å². The van der Waals surface area contributed by atoms with Crippen molar-refractivity contribution in [2.75, 3.05) is 26.3 Å². The van der Waals surface area contributed by atoms with Gasteiger partial charge in [-0.15, -0.1) is 11.3 Å². The standard InChI is InChI=1S/C18H16ClN3O3S/c1-10-13-14(23)15(18(24)22-6-8-25-9-7-22)26-17(13)21-16(20-10)11-2-4-12(19)5-3-11/h2-5,23H,6-9H2,1H3. The second kappa shape index (κ2) is 6.83. The minimum absolute atomic E-state index is 0.0401. The Balaban J connectivity index is 1.77. The first-order valence-electron chi connectivity index (χ1n) is 8.17. The van der Waals surface area contributed by atoms with Gasteiger partial charge in [-0.05, 0) is 31.2 Å². The number of fused-ring (bicyclic) bond motifs is 1. The summed E-state index contributed by atoms with van der Waals surface area (Å²) in [5.41, 5.74) is 1.46. The number of carbonyl (C=O) groups is 1. The van der Waals surface area contributed by atoms with E-state index in [1.54, 1.807) is 24.0 Å². The summed E-state index contributed by atoms with van der Waals surface area (Å²) >= 11 is 7.13. The highest BCUT2D eigenvalue weighted by atomic mass is 35.5. The van der Waals surface area contributed by atoms with Gasteiger partial charge in [-0.1, -0.05) is 11.6 Å². The van der Waals surface area contributed by atoms with E-state index in [4.69, 9.17) is 16.3 Å². The van der Waals surface area contributed by atoms with Gasteiger partial charge in [-0.2, -0.15) is 0 Å². The number of benzene rings is 1. The van der Waals surface area contributed by atoms with Gasteiger partial charge in [0.2, 0.25) is 0 Å². The molecule has 1 saturated heterocycles. The molecule has 4 rings (SSSR count). The molecule has 1 aliphatic rings. The first-order chi connectivity index (χ1) is 12.5. The zero-order chi connectivity index (χ0) is 18.3. The third-order valence-electron chi connectivity index (χ3n) is 4.30. The van der Waals surface area contributed by atoms with E-state index in [0.29, 0.717) is 57.9 Å². The van der Waals surface area contributed by atoms with Crippen LogP contribution in [0.2, 0.25) is 5.02 Å². The molecular weight excluding hydrogens is 374 g/mol. The van der Waals surface area contributed by atoms with Gasteiger partial charge < -0.3 is 14.7 Å². The molecule has 1 fully saturated rings. The maximum atomic E-state index is 12.8. The third kappa shape index (κ3) is 3.02. The van der Waals surface area contributed by atoms with Gasteiger partial charge in [0.05, 0.1) is 24.3 Å². The lowest BCUT2D eigenvalue weighted by atomic mass is 10.2. The number of hydrogen-bond donors (Lipinski definition) is 1. The van der Waals surface area contributed by atoms with Crippen LogP contribution in [-0.4, -0.2) is 52.2 Å². The number of thiophene rings is 1. The molecule has 1 amide bonds. The highest BCUT2D eigenvalue weighted by Crippen LogP contribution is 2.39. The van der Waals surface area contributed by atoms with E-state index < -0.39 is 0 Å². The molecule has 1 aromatic carbocycles. The van der Waals surface area contributed by atoms with Gasteiger partial charge in [0.15, 0.2) is 11.6 Å². The Morgan fingerprint density at radius 2 is 1.92 bits per heavy atom. The van der Waals surface area contributed by atoms with Gasteiger partial charge in [-0.3, -0.25) is 4.79 Å². The zero-order valence-electron chi connectivity index (χ0n) is 14.0. The first-order valence-corrected chi connectivity index (χ1v) is 9.37. The Labute approximate surface area is 159 Å². The summed E-state index contributed by atoms with van der Waals surface area (Å²) in [5.74, 6) is 0.307. The first kappa shape index (κ1) is 17.2. The lowest BCUT2D eigenvalue weighted by Crippen LogP contribution is -2.40. The molecule has 1 aliphatic heterocycles. The van der Waals surface area contributed by atoms with Crippen LogP contribution in [0.5, 0.6) is 5.75 Å². The van der Waals surface area contributed by atoms with E-state index in [0.717, 1.165) is 5.56 Å². The summed E-state index contributed by atoms with van der Waals surface area (Å²) in [6.45, 7) is 3.87. The molecule has 0 bridgehead atoms. The van der Waals surface area contributed by atoms with Crippen LogP contribution >= 0.6 is 22.9 Å². The highest BCUT2D eigenvalue weighted by Gasteiger charge is 2.26. The Morgan fingerprint density at radius 1 is 1.23 bits per heavy atom. The predicted molar refractivity (Wildman–Crippen MR) is 101 cm³/mol. The zero-order valence-corrected chi connectivity index (χ0v) is 15.6. The SMILES string of the molecule is Cc1nc(-c2ccc(Cl)cc2)nc2sc(C(=O)N3CCOCC3)c(O)c12. The van der Waals surface area contributed by atoms with E-state index in [9.17, 15) is 9.90 Å². The summed E-state index contributed by atoms with van der Waals surface area (Å²) in [4.78, 5) is 24.4. The average Bonchev–Trinajstić information content (AvgIpc) is 2.99. The second-order valence-electron chi connectivity index (χ2n) is 6.00.